The highest BCUT2D eigenvalue weighted by Gasteiger charge is 2.20. The molecule has 2 aromatic rings. The van der Waals surface area contributed by atoms with E-state index in [0.29, 0.717) is 24.5 Å². The third-order valence-corrected chi connectivity index (χ3v) is 6.77. The normalized spacial score (nSPS) is 16.8. The molecule has 1 amide bonds. The molecule has 8 heteroatoms. The summed E-state index contributed by atoms with van der Waals surface area (Å²) in [6.07, 6.45) is 2.16. The molecular weight excluding hydrogens is 396 g/mol. The fourth-order valence-corrected chi connectivity index (χ4v) is 4.75. The SMILES string of the molecule is O=C(CCSc1ccccc1)Nc1ccc(S(=O)(=O)NC[C@@H]2CCCO2)cc1. The van der Waals surface area contributed by atoms with Crippen molar-refractivity contribution in [3.63, 3.8) is 0 Å². The maximum Gasteiger partial charge on any atom is 0.240 e. The van der Waals surface area contributed by atoms with Crippen molar-refractivity contribution < 1.29 is 17.9 Å². The first-order chi connectivity index (χ1) is 13.5. The Labute approximate surface area is 170 Å². The summed E-state index contributed by atoms with van der Waals surface area (Å²) in [5, 5.41) is 2.80. The van der Waals surface area contributed by atoms with E-state index in [1.807, 2.05) is 30.3 Å². The number of ether oxygens (including phenoxy) is 1. The van der Waals surface area contributed by atoms with Crippen LogP contribution in [0.2, 0.25) is 0 Å². The van der Waals surface area contributed by atoms with E-state index in [1.54, 1.807) is 23.9 Å². The smallest absolute Gasteiger partial charge is 0.240 e. The van der Waals surface area contributed by atoms with E-state index in [2.05, 4.69) is 10.0 Å². The molecule has 0 aromatic heterocycles. The second-order valence-electron chi connectivity index (χ2n) is 6.47. The lowest BCUT2D eigenvalue weighted by Crippen LogP contribution is -2.31. The molecule has 1 saturated heterocycles. The summed E-state index contributed by atoms with van der Waals surface area (Å²) in [4.78, 5) is 13.4. The average Bonchev–Trinajstić information content (AvgIpc) is 3.21. The largest absolute Gasteiger partial charge is 0.377 e. The van der Waals surface area contributed by atoms with Gasteiger partial charge in [-0.05, 0) is 49.2 Å². The first-order valence-electron chi connectivity index (χ1n) is 9.22. The first kappa shape index (κ1) is 20.9. The number of carbonyl (C=O) groups is 1. The number of benzene rings is 2. The Morgan fingerprint density at radius 2 is 1.86 bits per heavy atom. The Morgan fingerprint density at radius 1 is 1.11 bits per heavy atom. The fraction of sp³-hybridized carbons (Fsp3) is 0.350. The molecule has 28 heavy (non-hydrogen) atoms. The molecule has 0 radical (unpaired) electrons. The van der Waals surface area contributed by atoms with Gasteiger partial charge < -0.3 is 10.1 Å². The van der Waals surface area contributed by atoms with Gasteiger partial charge in [0, 0.05) is 35.9 Å². The molecule has 0 spiro atoms. The number of carbonyl (C=O) groups excluding carboxylic acids is 1. The minimum atomic E-state index is -3.58. The lowest BCUT2D eigenvalue weighted by atomic mass is 10.2. The van der Waals surface area contributed by atoms with Crippen molar-refractivity contribution in [3.05, 3.63) is 54.6 Å². The Bertz CT molecular complexity index is 865. The van der Waals surface area contributed by atoms with Crippen LogP contribution in [0.15, 0.2) is 64.4 Å². The monoisotopic (exact) mass is 420 g/mol. The van der Waals surface area contributed by atoms with Crippen LogP contribution in [0.25, 0.3) is 0 Å². The van der Waals surface area contributed by atoms with Gasteiger partial charge in [0.15, 0.2) is 0 Å². The van der Waals surface area contributed by atoms with Crippen molar-refractivity contribution in [1.29, 1.82) is 0 Å². The van der Waals surface area contributed by atoms with Crippen LogP contribution in [0.3, 0.4) is 0 Å². The second kappa shape index (κ2) is 10.1. The Morgan fingerprint density at radius 3 is 2.54 bits per heavy atom. The van der Waals surface area contributed by atoms with Crippen LogP contribution in [0, 0.1) is 0 Å². The van der Waals surface area contributed by atoms with Gasteiger partial charge in [-0.2, -0.15) is 0 Å². The molecule has 3 rings (SSSR count). The van der Waals surface area contributed by atoms with Crippen LogP contribution in [0.5, 0.6) is 0 Å². The van der Waals surface area contributed by atoms with Crippen LogP contribution in [0.1, 0.15) is 19.3 Å². The Balaban J connectivity index is 1.45. The molecule has 0 bridgehead atoms. The molecular formula is C20H24N2O4S2. The van der Waals surface area contributed by atoms with Crippen LogP contribution in [-0.4, -0.2) is 39.3 Å². The molecule has 1 heterocycles. The Hall–Kier alpha value is -1.87. The number of hydrogen-bond donors (Lipinski definition) is 2. The number of hydrogen-bond acceptors (Lipinski definition) is 5. The third kappa shape index (κ3) is 6.34. The molecule has 2 aromatic carbocycles. The highest BCUT2D eigenvalue weighted by Crippen LogP contribution is 2.19. The number of nitrogens with one attached hydrogen (secondary N) is 2. The van der Waals surface area contributed by atoms with Gasteiger partial charge in [-0.15, -0.1) is 11.8 Å². The molecule has 0 unspecified atom stereocenters. The minimum absolute atomic E-state index is 0.0536. The summed E-state index contributed by atoms with van der Waals surface area (Å²) in [7, 11) is -3.58. The van der Waals surface area contributed by atoms with Gasteiger partial charge in [0.1, 0.15) is 0 Å². The number of rotatable bonds is 9. The van der Waals surface area contributed by atoms with E-state index in [4.69, 9.17) is 4.74 Å². The van der Waals surface area contributed by atoms with Gasteiger partial charge in [0.2, 0.25) is 15.9 Å². The quantitative estimate of drug-likeness (QED) is 0.608. The summed E-state index contributed by atoms with van der Waals surface area (Å²) < 4.78 is 32.7. The van der Waals surface area contributed by atoms with Crippen molar-refractivity contribution in [1.82, 2.24) is 4.72 Å². The van der Waals surface area contributed by atoms with Crippen molar-refractivity contribution in [2.24, 2.45) is 0 Å². The van der Waals surface area contributed by atoms with Crippen LogP contribution < -0.4 is 10.0 Å². The van der Waals surface area contributed by atoms with E-state index in [1.165, 1.54) is 12.1 Å². The summed E-state index contributed by atoms with van der Waals surface area (Å²) in [5.74, 6) is 0.575. The highest BCUT2D eigenvalue weighted by atomic mass is 32.2. The number of anilines is 1. The molecule has 1 aliphatic rings. The molecule has 1 fully saturated rings. The molecule has 0 saturated carbocycles. The minimum Gasteiger partial charge on any atom is -0.377 e. The lowest BCUT2D eigenvalue weighted by Gasteiger charge is -2.12. The van der Waals surface area contributed by atoms with Crippen LogP contribution >= 0.6 is 11.8 Å². The van der Waals surface area contributed by atoms with Crippen LogP contribution in [0.4, 0.5) is 5.69 Å². The summed E-state index contributed by atoms with van der Waals surface area (Å²) in [5.41, 5.74) is 0.577. The predicted octanol–water partition coefficient (Wildman–Crippen LogP) is 3.26. The maximum absolute atomic E-state index is 12.3. The van der Waals surface area contributed by atoms with E-state index in [9.17, 15) is 13.2 Å². The zero-order valence-corrected chi connectivity index (χ0v) is 17.1. The first-order valence-corrected chi connectivity index (χ1v) is 11.7. The number of amides is 1. The van der Waals surface area contributed by atoms with Gasteiger partial charge >= 0.3 is 0 Å². The predicted molar refractivity (Wildman–Crippen MR) is 111 cm³/mol. The van der Waals surface area contributed by atoms with Crippen LogP contribution in [-0.2, 0) is 19.6 Å². The van der Waals surface area contributed by atoms with Crippen molar-refractivity contribution in [2.75, 3.05) is 24.2 Å². The topological polar surface area (TPSA) is 84.5 Å². The average molecular weight is 421 g/mol. The number of sulfonamides is 1. The molecule has 1 atom stereocenters. The van der Waals surface area contributed by atoms with Gasteiger partial charge in [-0.1, -0.05) is 18.2 Å². The molecule has 6 nitrogen and oxygen atoms in total. The standard InChI is InChI=1S/C20H24N2O4S2/c23-20(12-14-27-18-6-2-1-3-7-18)22-16-8-10-19(11-9-16)28(24,25)21-15-17-5-4-13-26-17/h1-3,6-11,17,21H,4-5,12-15H2,(H,22,23)/t17-/m0/s1. The van der Waals surface area contributed by atoms with Gasteiger partial charge in [0.05, 0.1) is 11.0 Å². The molecule has 2 N–H and O–H groups in total. The van der Waals surface area contributed by atoms with Crippen molar-refractivity contribution >= 4 is 33.4 Å². The zero-order valence-electron chi connectivity index (χ0n) is 15.5. The van der Waals surface area contributed by atoms with Gasteiger partial charge in [0.25, 0.3) is 0 Å². The third-order valence-electron chi connectivity index (χ3n) is 4.31. The van der Waals surface area contributed by atoms with Gasteiger partial charge in [-0.25, -0.2) is 13.1 Å². The van der Waals surface area contributed by atoms with Crippen molar-refractivity contribution in [3.8, 4) is 0 Å². The van der Waals surface area contributed by atoms with E-state index >= 15 is 0 Å². The van der Waals surface area contributed by atoms with E-state index < -0.39 is 10.0 Å². The maximum atomic E-state index is 12.3. The number of thioether (sulfide) groups is 1. The summed E-state index contributed by atoms with van der Waals surface area (Å²) in [6.45, 7) is 0.963. The van der Waals surface area contributed by atoms with Crippen molar-refractivity contribution in [2.45, 2.75) is 35.2 Å². The highest BCUT2D eigenvalue weighted by molar-refractivity contribution is 7.99. The molecule has 1 aliphatic heterocycles. The van der Waals surface area contributed by atoms with Gasteiger partial charge in [-0.3, -0.25) is 4.79 Å². The second-order valence-corrected chi connectivity index (χ2v) is 9.41. The molecule has 0 aliphatic carbocycles. The van der Waals surface area contributed by atoms with E-state index in [0.717, 1.165) is 17.7 Å². The summed E-state index contributed by atoms with van der Waals surface area (Å²) >= 11 is 1.62. The zero-order chi connectivity index (χ0) is 19.8. The summed E-state index contributed by atoms with van der Waals surface area (Å²) in [6, 6.07) is 16.1. The fourth-order valence-electron chi connectivity index (χ4n) is 2.81. The Kier molecular flexibility index (Phi) is 7.50. The van der Waals surface area contributed by atoms with E-state index in [-0.39, 0.29) is 23.5 Å². The lowest BCUT2D eigenvalue weighted by molar-refractivity contribution is -0.115. The molecule has 150 valence electrons.